The van der Waals surface area contributed by atoms with Crippen LogP contribution in [0.1, 0.15) is 11.1 Å². The standard InChI is InChI=1S/C18H14F2N4O/c1-11-17(12-7-9-21-10-8-12)23-24-18(11)22-16(25)6-5-13-14(19)3-2-4-15(13)20/h2-10H,1H3,(H2,22,23,24,25). The van der Waals surface area contributed by atoms with Gasteiger partial charge in [0, 0.05) is 35.2 Å². The Morgan fingerprint density at radius 1 is 1.16 bits per heavy atom. The van der Waals surface area contributed by atoms with Crippen molar-refractivity contribution in [1.29, 1.82) is 0 Å². The highest BCUT2D eigenvalue weighted by Crippen LogP contribution is 2.25. The van der Waals surface area contributed by atoms with Crippen LogP contribution in [0.25, 0.3) is 17.3 Å². The van der Waals surface area contributed by atoms with Gasteiger partial charge in [-0.05, 0) is 37.3 Å². The Morgan fingerprint density at radius 2 is 1.84 bits per heavy atom. The maximum absolute atomic E-state index is 13.5. The monoisotopic (exact) mass is 340 g/mol. The molecule has 0 aliphatic carbocycles. The molecule has 0 atom stereocenters. The molecule has 0 fully saturated rings. The molecule has 3 rings (SSSR count). The first-order chi connectivity index (χ1) is 12.1. The summed E-state index contributed by atoms with van der Waals surface area (Å²) in [5.41, 5.74) is 2.10. The zero-order chi connectivity index (χ0) is 17.8. The molecule has 2 N–H and O–H groups in total. The number of hydrogen-bond acceptors (Lipinski definition) is 3. The molecule has 0 aliphatic heterocycles. The van der Waals surface area contributed by atoms with Gasteiger partial charge in [0.1, 0.15) is 11.6 Å². The molecule has 2 aromatic heterocycles. The van der Waals surface area contributed by atoms with Crippen LogP contribution in [-0.2, 0) is 4.79 Å². The van der Waals surface area contributed by atoms with Crippen LogP contribution >= 0.6 is 0 Å². The molecule has 0 spiro atoms. The van der Waals surface area contributed by atoms with E-state index < -0.39 is 17.5 Å². The SMILES string of the molecule is Cc1c(NC(=O)C=Cc2c(F)cccc2F)n[nH]c1-c1ccncc1. The number of aromatic amines is 1. The summed E-state index contributed by atoms with van der Waals surface area (Å²) in [6, 6.07) is 7.13. The van der Waals surface area contributed by atoms with Crippen LogP contribution in [0.5, 0.6) is 0 Å². The van der Waals surface area contributed by atoms with Crippen LogP contribution < -0.4 is 5.32 Å². The van der Waals surface area contributed by atoms with Gasteiger partial charge in [-0.25, -0.2) is 8.78 Å². The van der Waals surface area contributed by atoms with Crippen LogP contribution in [-0.4, -0.2) is 21.1 Å². The quantitative estimate of drug-likeness (QED) is 0.711. The Hall–Kier alpha value is -3.35. The number of aromatic nitrogens is 3. The zero-order valence-corrected chi connectivity index (χ0v) is 13.3. The molecule has 7 heteroatoms. The number of anilines is 1. The van der Waals surface area contributed by atoms with Crippen molar-refractivity contribution < 1.29 is 13.6 Å². The molecule has 1 aromatic carbocycles. The fourth-order valence-electron chi connectivity index (χ4n) is 2.31. The first-order valence-corrected chi connectivity index (χ1v) is 7.44. The third kappa shape index (κ3) is 3.60. The van der Waals surface area contributed by atoms with E-state index in [9.17, 15) is 13.6 Å². The Balaban J connectivity index is 1.76. The topological polar surface area (TPSA) is 70.7 Å². The highest BCUT2D eigenvalue weighted by atomic mass is 19.1. The number of benzene rings is 1. The average Bonchev–Trinajstić information content (AvgIpc) is 2.96. The van der Waals surface area contributed by atoms with Crippen molar-refractivity contribution in [2.24, 2.45) is 0 Å². The van der Waals surface area contributed by atoms with E-state index in [0.717, 1.165) is 41.1 Å². The zero-order valence-electron chi connectivity index (χ0n) is 13.3. The van der Waals surface area contributed by atoms with Crippen molar-refractivity contribution in [3.05, 3.63) is 71.6 Å². The van der Waals surface area contributed by atoms with Crippen molar-refractivity contribution in [3.8, 4) is 11.3 Å². The molecule has 1 amide bonds. The van der Waals surface area contributed by atoms with Gasteiger partial charge in [-0.15, -0.1) is 0 Å². The summed E-state index contributed by atoms with van der Waals surface area (Å²) >= 11 is 0. The number of pyridine rings is 1. The Morgan fingerprint density at radius 3 is 2.52 bits per heavy atom. The average molecular weight is 340 g/mol. The first-order valence-electron chi connectivity index (χ1n) is 7.44. The minimum atomic E-state index is -0.736. The first kappa shape index (κ1) is 16.5. The number of hydrogen-bond donors (Lipinski definition) is 2. The van der Waals surface area contributed by atoms with Gasteiger partial charge in [0.25, 0.3) is 0 Å². The van der Waals surface area contributed by atoms with E-state index in [1.807, 2.05) is 12.1 Å². The van der Waals surface area contributed by atoms with Crippen molar-refractivity contribution in [3.63, 3.8) is 0 Å². The van der Waals surface area contributed by atoms with E-state index in [-0.39, 0.29) is 5.56 Å². The summed E-state index contributed by atoms with van der Waals surface area (Å²) in [6.07, 6.45) is 5.45. The molecular weight excluding hydrogens is 326 g/mol. The highest BCUT2D eigenvalue weighted by Gasteiger charge is 2.12. The molecular formula is C18H14F2N4O. The number of H-pyrrole nitrogens is 1. The predicted molar refractivity (Wildman–Crippen MR) is 90.6 cm³/mol. The van der Waals surface area contributed by atoms with Crippen molar-refractivity contribution in [1.82, 2.24) is 15.2 Å². The maximum Gasteiger partial charge on any atom is 0.249 e. The second kappa shape index (κ2) is 7.04. The molecule has 0 unspecified atom stereocenters. The summed E-state index contributed by atoms with van der Waals surface area (Å²) in [5, 5.41) is 9.49. The summed E-state index contributed by atoms with van der Waals surface area (Å²) < 4.78 is 27.1. The van der Waals surface area contributed by atoms with Crippen molar-refractivity contribution >= 4 is 17.8 Å². The van der Waals surface area contributed by atoms with Crippen molar-refractivity contribution in [2.75, 3.05) is 5.32 Å². The number of halogens is 2. The summed E-state index contributed by atoms with van der Waals surface area (Å²) in [6.45, 7) is 1.80. The van der Waals surface area contributed by atoms with E-state index in [1.54, 1.807) is 19.3 Å². The lowest BCUT2D eigenvalue weighted by Crippen LogP contribution is -2.09. The normalized spacial score (nSPS) is 11.0. The molecule has 25 heavy (non-hydrogen) atoms. The van der Waals surface area contributed by atoms with Crippen LogP contribution in [0, 0.1) is 18.6 Å². The van der Waals surface area contributed by atoms with E-state index in [4.69, 9.17) is 0 Å². The smallest absolute Gasteiger partial charge is 0.249 e. The van der Waals surface area contributed by atoms with Gasteiger partial charge < -0.3 is 5.32 Å². The van der Waals surface area contributed by atoms with Gasteiger partial charge >= 0.3 is 0 Å². The molecule has 0 bridgehead atoms. The molecule has 0 saturated heterocycles. The third-order valence-electron chi connectivity index (χ3n) is 3.62. The predicted octanol–water partition coefficient (Wildman–Crippen LogP) is 3.71. The van der Waals surface area contributed by atoms with Crippen LogP contribution in [0.2, 0.25) is 0 Å². The van der Waals surface area contributed by atoms with E-state index in [1.165, 1.54) is 6.07 Å². The second-order valence-corrected chi connectivity index (χ2v) is 5.27. The Kier molecular flexibility index (Phi) is 4.65. The summed E-state index contributed by atoms with van der Waals surface area (Å²) in [5.74, 6) is -1.67. The lowest BCUT2D eigenvalue weighted by molar-refractivity contribution is -0.111. The Bertz CT molecular complexity index is 915. The minimum absolute atomic E-state index is 0.270. The molecule has 2 heterocycles. The lowest BCUT2D eigenvalue weighted by Gasteiger charge is -2.01. The highest BCUT2D eigenvalue weighted by molar-refractivity contribution is 6.02. The molecule has 3 aromatic rings. The molecule has 0 saturated carbocycles. The number of rotatable bonds is 4. The summed E-state index contributed by atoms with van der Waals surface area (Å²) in [4.78, 5) is 15.9. The Labute approximate surface area is 142 Å². The van der Waals surface area contributed by atoms with Gasteiger partial charge in [0.05, 0.1) is 5.69 Å². The minimum Gasteiger partial charge on any atom is -0.305 e. The van der Waals surface area contributed by atoms with Crippen LogP contribution in [0.3, 0.4) is 0 Å². The lowest BCUT2D eigenvalue weighted by atomic mass is 10.1. The van der Waals surface area contributed by atoms with Gasteiger partial charge in [-0.2, -0.15) is 5.10 Å². The number of nitrogens with zero attached hydrogens (tertiary/aromatic N) is 2. The van der Waals surface area contributed by atoms with Gasteiger partial charge in [0.2, 0.25) is 5.91 Å². The van der Waals surface area contributed by atoms with Crippen LogP contribution in [0.4, 0.5) is 14.6 Å². The second-order valence-electron chi connectivity index (χ2n) is 5.27. The maximum atomic E-state index is 13.5. The van der Waals surface area contributed by atoms with Gasteiger partial charge in [-0.3, -0.25) is 14.9 Å². The third-order valence-corrected chi connectivity index (χ3v) is 3.62. The number of carbonyl (C=O) groups is 1. The van der Waals surface area contributed by atoms with Gasteiger partial charge in [-0.1, -0.05) is 6.07 Å². The van der Waals surface area contributed by atoms with Gasteiger partial charge in [0.15, 0.2) is 5.82 Å². The molecule has 126 valence electrons. The number of carbonyl (C=O) groups excluding carboxylic acids is 1. The van der Waals surface area contributed by atoms with Crippen molar-refractivity contribution in [2.45, 2.75) is 6.92 Å². The van der Waals surface area contributed by atoms with Crippen LogP contribution in [0.15, 0.2) is 48.8 Å². The number of amides is 1. The fraction of sp³-hybridized carbons (Fsp3) is 0.0556. The largest absolute Gasteiger partial charge is 0.305 e. The van der Waals surface area contributed by atoms with E-state index in [2.05, 4.69) is 20.5 Å². The molecule has 0 radical (unpaired) electrons. The van der Waals surface area contributed by atoms with E-state index >= 15 is 0 Å². The van der Waals surface area contributed by atoms with E-state index in [0.29, 0.717) is 5.82 Å². The summed E-state index contributed by atoms with van der Waals surface area (Å²) in [7, 11) is 0. The molecule has 0 aliphatic rings. The fourth-order valence-corrected chi connectivity index (χ4v) is 2.31. The molecule has 5 nitrogen and oxygen atoms in total. The number of nitrogens with one attached hydrogen (secondary N) is 2.